The van der Waals surface area contributed by atoms with Crippen molar-refractivity contribution in [3.8, 4) is 79.4 Å². The van der Waals surface area contributed by atoms with Gasteiger partial charge in [-0.3, -0.25) is 0 Å². The molecule has 0 spiro atoms. The van der Waals surface area contributed by atoms with Gasteiger partial charge in [0.05, 0.1) is 0 Å². The van der Waals surface area contributed by atoms with E-state index in [-0.39, 0.29) is 32.7 Å². The zero-order chi connectivity index (χ0) is 40.4. The first-order valence-corrected chi connectivity index (χ1v) is 18.7. The highest BCUT2D eigenvalue weighted by molar-refractivity contribution is 6.31. The minimum atomic E-state index is -1.03. The average Bonchev–Trinajstić information content (AvgIpc) is 3.67. The zero-order valence-electron chi connectivity index (χ0n) is 30.7. The quantitative estimate of drug-likeness (QED) is 0.0493. The van der Waals surface area contributed by atoms with Gasteiger partial charge < -0.3 is 45.3 Å². The number of fused-ring (bicyclic) bond motifs is 9. The van der Waals surface area contributed by atoms with E-state index in [2.05, 4.69) is 12.1 Å². The van der Waals surface area contributed by atoms with Gasteiger partial charge in [0.25, 0.3) is 0 Å². The second-order valence-corrected chi connectivity index (χ2v) is 14.8. The van der Waals surface area contributed by atoms with Crippen molar-refractivity contribution in [2.24, 2.45) is 0 Å². The molecule has 11 aromatic rings. The first kappa shape index (κ1) is 34.0. The van der Waals surface area contributed by atoms with Crippen LogP contribution in [-0.4, -0.2) is 40.9 Å². The number of rotatable bonds is 3. The Morgan fingerprint density at radius 3 is 1.34 bits per heavy atom. The van der Waals surface area contributed by atoms with Crippen LogP contribution in [0.15, 0.2) is 138 Å². The number of phenols is 8. The van der Waals surface area contributed by atoms with Gasteiger partial charge in [-0.2, -0.15) is 0 Å². The van der Waals surface area contributed by atoms with Crippen LogP contribution in [0.4, 0.5) is 0 Å². The van der Waals surface area contributed by atoms with Crippen LogP contribution >= 0.6 is 0 Å². The van der Waals surface area contributed by atoms with Crippen molar-refractivity contribution in [1.82, 2.24) is 0 Å². The van der Waals surface area contributed by atoms with Crippen LogP contribution in [0.1, 0.15) is 0 Å². The van der Waals surface area contributed by atoms with E-state index in [4.69, 9.17) is 4.42 Å². The van der Waals surface area contributed by atoms with Crippen LogP contribution < -0.4 is 0 Å². The molecular weight excluding hydrogens is 745 g/mol. The Hall–Kier alpha value is -8.30. The van der Waals surface area contributed by atoms with Gasteiger partial charge in [-0.05, 0) is 61.1 Å². The monoisotopic (exact) mass is 774 g/mol. The van der Waals surface area contributed by atoms with Crippen molar-refractivity contribution < 1.29 is 45.3 Å². The Bertz CT molecular complexity index is 3570. The molecule has 284 valence electrons. The van der Waals surface area contributed by atoms with E-state index in [0.717, 1.165) is 43.6 Å². The lowest BCUT2D eigenvalue weighted by Crippen LogP contribution is -1.95. The molecule has 0 radical (unpaired) electrons. The van der Waals surface area contributed by atoms with E-state index in [9.17, 15) is 40.9 Å². The third-order valence-corrected chi connectivity index (χ3v) is 11.7. The fourth-order valence-electron chi connectivity index (χ4n) is 9.07. The first-order valence-electron chi connectivity index (χ1n) is 18.7. The van der Waals surface area contributed by atoms with E-state index < -0.39 is 46.0 Å². The molecule has 1 aromatic heterocycles. The summed E-state index contributed by atoms with van der Waals surface area (Å²) in [6.45, 7) is 0. The normalized spacial score (nSPS) is 11.9. The van der Waals surface area contributed by atoms with Gasteiger partial charge in [0.1, 0.15) is 11.2 Å². The lowest BCUT2D eigenvalue weighted by atomic mass is 9.81. The summed E-state index contributed by atoms with van der Waals surface area (Å²) in [5, 5.41) is 97.5. The van der Waals surface area contributed by atoms with Gasteiger partial charge >= 0.3 is 0 Å². The van der Waals surface area contributed by atoms with Gasteiger partial charge in [-0.15, -0.1) is 0 Å². The van der Waals surface area contributed by atoms with Crippen LogP contribution in [0.5, 0.6) is 46.0 Å². The molecule has 0 unspecified atom stereocenters. The van der Waals surface area contributed by atoms with Crippen LogP contribution in [0.25, 0.3) is 109 Å². The predicted molar refractivity (Wildman–Crippen MR) is 231 cm³/mol. The number of furan rings is 1. The summed E-state index contributed by atoms with van der Waals surface area (Å²) in [7, 11) is 0. The van der Waals surface area contributed by atoms with Gasteiger partial charge in [0.15, 0.2) is 23.0 Å². The molecule has 0 bridgehead atoms. The second kappa shape index (κ2) is 12.1. The van der Waals surface area contributed by atoms with E-state index in [1.54, 1.807) is 36.4 Å². The maximum Gasteiger partial charge on any atom is 0.204 e. The Balaban J connectivity index is 1.25. The smallest absolute Gasteiger partial charge is 0.204 e. The van der Waals surface area contributed by atoms with Crippen LogP contribution in [-0.2, 0) is 0 Å². The SMILES string of the molecule is Oc1c(O)c(O)c2c(-c3cccc4cc(-c5cccc6c5oc5ccc7ccccc7c56)ccc34)c3c(O)c(O)c(O)c(O)c3c(-c3cccc4ccccc34)c2c1O. The Morgan fingerprint density at radius 2 is 0.746 bits per heavy atom. The predicted octanol–water partition coefficient (Wildman–Crippen LogP) is 12.0. The highest BCUT2D eigenvalue weighted by Gasteiger charge is 2.33. The van der Waals surface area contributed by atoms with Crippen molar-refractivity contribution >= 4 is 75.8 Å². The number of phenolic OH excluding ortho intramolecular Hbond substituents is 8. The molecule has 0 aliphatic heterocycles. The van der Waals surface area contributed by atoms with Gasteiger partial charge in [0.2, 0.25) is 23.0 Å². The topological polar surface area (TPSA) is 175 Å². The van der Waals surface area contributed by atoms with Crippen molar-refractivity contribution in [2.75, 3.05) is 0 Å². The van der Waals surface area contributed by atoms with Gasteiger partial charge in [-0.25, -0.2) is 0 Å². The highest BCUT2D eigenvalue weighted by atomic mass is 16.4. The molecule has 1 heterocycles. The second-order valence-electron chi connectivity index (χ2n) is 14.8. The minimum absolute atomic E-state index is 0.00372. The zero-order valence-corrected chi connectivity index (χ0v) is 30.7. The summed E-state index contributed by atoms with van der Waals surface area (Å²) in [5.41, 5.74) is 3.84. The van der Waals surface area contributed by atoms with Crippen LogP contribution in [0.3, 0.4) is 0 Å². The van der Waals surface area contributed by atoms with Crippen LogP contribution in [0, 0.1) is 0 Å². The number of hydrogen-bond donors (Lipinski definition) is 8. The summed E-state index contributed by atoms with van der Waals surface area (Å²) >= 11 is 0. The largest absolute Gasteiger partial charge is 0.504 e. The number of hydrogen-bond acceptors (Lipinski definition) is 9. The average molecular weight is 775 g/mol. The standard InChI is InChI=1S/C50H30O9/c51-42-38-36(31-15-5-10-23-8-1-3-12-27(23)31)39-41(45(54)49(58)47(56)43(39)52)37(40(38)44(53)48(57)46(42)55)32-16-6-11-25-22-26(18-20-28(25)32)30-14-7-17-33-35-29-13-4-2-9-24(29)19-21-34(35)59-50(30)33/h1-22,51-58H. The summed E-state index contributed by atoms with van der Waals surface area (Å²) in [6, 6.07) is 41.7. The third kappa shape index (κ3) is 4.55. The Morgan fingerprint density at radius 1 is 0.305 bits per heavy atom. The fourth-order valence-corrected chi connectivity index (χ4v) is 9.07. The van der Waals surface area contributed by atoms with Gasteiger partial charge in [-0.1, -0.05) is 121 Å². The molecule has 11 rings (SSSR count). The van der Waals surface area contributed by atoms with Gasteiger partial charge in [0, 0.05) is 49.0 Å². The molecule has 9 heteroatoms. The van der Waals surface area contributed by atoms with Crippen molar-refractivity contribution in [3.63, 3.8) is 0 Å². The Kier molecular flexibility index (Phi) is 6.97. The Labute approximate surface area is 333 Å². The number of para-hydroxylation sites is 1. The summed E-state index contributed by atoms with van der Waals surface area (Å²) in [5.74, 6) is -7.44. The molecule has 0 saturated carbocycles. The molecule has 0 fully saturated rings. The molecule has 8 N–H and O–H groups in total. The summed E-state index contributed by atoms with van der Waals surface area (Å²) in [6.07, 6.45) is 0. The molecule has 59 heavy (non-hydrogen) atoms. The molecule has 0 saturated heterocycles. The molecule has 0 aliphatic rings. The fraction of sp³-hybridized carbons (Fsp3) is 0. The lowest BCUT2D eigenvalue weighted by molar-refractivity contribution is 0.350. The molecular formula is C50H30O9. The third-order valence-electron chi connectivity index (χ3n) is 11.7. The number of aromatic hydroxyl groups is 8. The molecule has 0 aliphatic carbocycles. The molecule has 0 atom stereocenters. The minimum Gasteiger partial charge on any atom is -0.504 e. The van der Waals surface area contributed by atoms with E-state index >= 15 is 0 Å². The molecule has 9 nitrogen and oxygen atoms in total. The van der Waals surface area contributed by atoms with Crippen molar-refractivity contribution in [3.05, 3.63) is 133 Å². The molecule has 0 amide bonds. The van der Waals surface area contributed by atoms with Crippen molar-refractivity contribution in [1.29, 1.82) is 0 Å². The maximum atomic E-state index is 11.8. The van der Waals surface area contributed by atoms with E-state index in [1.807, 2.05) is 84.9 Å². The molecule has 10 aromatic carbocycles. The lowest BCUT2D eigenvalue weighted by Gasteiger charge is -2.23. The first-order chi connectivity index (χ1) is 28.6. The van der Waals surface area contributed by atoms with E-state index in [1.165, 1.54) is 0 Å². The van der Waals surface area contributed by atoms with Crippen LogP contribution in [0.2, 0.25) is 0 Å². The summed E-state index contributed by atoms with van der Waals surface area (Å²) in [4.78, 5) is 0. The van der Waals surface area contributed by atoms with E-state index in [0.29, 0.717) is 32.9 Å². The maximum absolute atomic E-state index is 11.8. The number of benzene rings is 10. The van der Waals surface area contributed by atoms with Crippen molar-refractivity contribution in [2.45, 2.75) is 0 Å². The summed E-state index contributed by atoms with van der Waals surface area (Å²) < 4.78 is 6.52. The highest BCUT2D eigenvalue weighted by Crippen LogP contribution is 2.62.